The normalized spacial score (nSPS) is 15.5. The molecular formula is C15H28N2OS. The summed E-state index contributed by atoms with van der Waals surface area (Å²) >= 11 is 1.82. The van der Waals surface area contributed by atoms with Gasteiger partial charge in [0, 0.05) is 16.3 Å². The highest BCUT2D eigenvalue weighted by atomic mass is 32.1. The summed E-state index contributed by atoms with van der Waals surface area (Å²) in [4.78, 5) is 6.03. The van der Waals surface area contributed by atoms with Gasteiger partial charge in [0.1, 0.15) is 0 Å². The highest BCUT2D eigenvalue weighted by Crippen LogP contribution is 2.32. The van der Waals surface area contributed by atoms with E-state index in [2.05, 4.69) is 39.9 Å². The maximum atomic E-state index is 9.24. The van der Waals surface area contributed by atoms with Gasteiger partial charge >= 0.3 is 0 Å². The summed E-state index contributed by atoms with van der Waals surface area (Å²) in [6.45, 7) is 13.7. The van der Waals surface area contributed by atoms with Crippen LogP contribution in [0.1, 0.15) is 69.1 Å². The van der Waals surface area contributed by atoms with Crippen molar-refractivity contribution in [2.45, 2.75) is 71.9 Å². The van der Waals surface area contributed by atoms with Crippen LogP contribution in [0.2, 0.25) is 0 Å². The number of aliphatic hydroxyl groups is 1. The van der Waals surface area contributed by atoms with Crippen LogP contribution in [-0.4, -0.2) is 22.7 Å². The highest BCUT2D eigenvalue weighted by Gasteiger charge is 2.22. The van der Waals surface area contributed by atoms with Crippen molar-refractivity contribution in [2.75, 3.05) is 6.54 Å². The van der Waals surface area contributed by atoms with Crippen LogP contribution in [0.15, 0.2) is 0 Å². The first-order valence-electron chi connectivity index (χ1n) is 7.11. The molecule has 1 aromatic rings. The van der Waals surface area contributed by atoms with Crippen LogP contribution >= 0.6 is 11.3 Å². The lowest BCUT2D eigenvalue weighted by Crippen LogP contribution is -2.20. The van der Waals surface area contributed by atoms with E-state index in [9.17, 15) is 5.11 Å². The predicted molar refractivity (Wildman–Crippen MR) is 82.9 cm³/mol. The van der Waals surface area contributed by atoms with Crippen LogP contribution in [0.25, 0.3) is 0 Å². The fraction of sp³-hybridized carbons (Fsp3) is 0.800. The number of hydrogen-bond donors (Lipinski definition) is 2. The first kappa shape index (κ1) is 16.6. The van der Waals surface area contributed by atoms with E-state index >= 15 is 0 Å². The summed E-state index contributed by atoms with van der Waals surface area (Å²) in [7, 11) is 0. The van der Waals surface area contributed by atoms with Crippen molar-refractivity contribution in [1.82, 2.24) is 10.3 Å². The first-order chi connectivity index (χ1) is 8.71. The SMILES string of the molecule is Cc1nc(C(C)(C)C)sc1C(C)NCCCC(C)O. The lowest BCUT2D eigenvalue weighted by atomic mass is 9.98. The Kier molecular flexibility index (Phi) is 5.96. The molecule has 0 fully saturated rings. The van der Waals surface area contributed by atoms with E-state index in [0.717, 1.165) is 25.1 Å². The lowest BCUT2D eigenvalue weighted by molar-refractivity contribution is 0.181. The standard InChI is InChI=1S/C15H28N2OS/c1-10(18)8-7-9-16-11(2)13-12(3)17-14(19-13)15(4,5)6/h10-11,16,18H,7-9H2,1-6H3. The van der Waals surface area contributed by atoms with Gasteiger partial charge in [0.25, 0.3) is 0 Å². The first-order valence-corrected chi connectivity index (χ1v) is 7.92. The molecule has 2 atom stereocenters. The van der Waals surface area contributed by atoms with E-state index in [4.69, 9.17) is 4.98 Å². The average Bonchev–Trinajstić information content (AvgIpc) is 2.66. The molecule has 0 bridgehead atoms. The maximum absolute atomic E-state index is 9.24. The number of aromatic nitrogens is 1. The molecule has 1 aromatic heterocycles. The minimum atomic E-state index is -0.199. The number of nitrogens with one attached hydrogen (secondary N) is 1. The largest absolute Gasteiger partial charge is 0.393 e. The van der Waals surface area contributed by atoms with Crippen LogP contribution in [-0.2, 0) is 5.41 Å². The third-order valence-corrected chi connectivity index (χ3v) is 4.88. The summed E-state index contributed by atoms with van der Waals surface area (Å²) in [5, 5.41) is 14.0. The molecule has 0 aliphatic rings. The average molecular weight is 284 g/mol. The molecule has 0 saturated carbocycles. The molecule has 4 heteroatoms. The van der Waals surface area contributed by atoms with Gasteiger partial charge in [-0.2, -0.15) is 0 Å². The van der Waals surface area contributed by atoms with Crippen molar-refractivity contribution >= 4 is 11.3 Å². The Labute approximate surface area is 121 Å². The third-order valence-electron chi connectivity index (χ3n) is 3.12. The molecule has 0 aliphatic heterocycles. The van der Waals surface area contributed by atoms with E-state index in [0.29, 0.717) is 6.04 Å². The molecule has 1 rings (SSSR count). The lowest BCUT2D eigenvalue weighted by Gasteiger charge is -2.15. The quantitative estimate of drug-likeness (QED) is 0.785. The Hall–Kier alpha value is -0.450. The van der Waals surface area contributed by atoms with Crippen LogP contribution in [0, 0.1) is 6.92 Å². The van der Waals surface area contributed by atoms with Crippen molar-refractivity contribution in [2.24, 2.45) is 0 Å². The molecule has 3 nitrogen and oxygen atoms in total. The van der Waals surface area contributed by atoms with Gasteiger partial charge in [0.2, 0.25) is 0 Å². The Morgan fingerprint density at radius 1 is 1.32 bits per heavy atom. The van der Waals surface area contributed by atoms with Crippen LogP contribution in [0.3, 0.4) is 0 Å². The molecular weight excluding hydrogens is 256 g/mol. The van der Waals surface area contributed by atoms with Crippen molar-refractivity contribution < 1.29 is 5.11 Å². The molecule has 19 heavy (non-hydrogen) atoms. The summed E-state index contributed by atoms with van der Waals surface area (Å²) in [6.07, 6.45) is 1.66. The molecule has 0 aromatic carbocycles. The summed E-state index contributed by atoms with van der Waals surface area (Å²) in [5.74, 6) is 0. The van der Waals surface area contributed by atoms with Crippen LogP contribution < -0.4 is 5.32 Å². The van der Waals surface area contributed by atoms with Gasteiger partial charge < -0.3 is 10.4 Å². The maximum Gasteiger partial charge on any atom is 0.0985 e. The Balaban J connectivity index is 2.57. The molecule has 1 heterocycles. The molecule has 0 radical (unpaired) electrons. The zero-order chi connectivity index (χ0) is 14.6. The smallest absolute Gasteiger partial charge is 0.0985 e. The Morgan fingerprint density at radius 2 is 1.95 bits per heavy atom. The number of aryl methyl sites for hydroxylation is 1. The molecule has 0 amide bonds. The summed E-state index contributed by atoms with van der Waals surface area (Å²) in [5.41, 5.74) is 1.27. The molecule has 2 N–H and O–H groups in total. The molecule has 0 saturated heterocycles. The van der Waals surface area contributed by atoms with E-state index in [1.807, 2.05) is 18.3 Å². The number of hydrogen-bond acceptors (Lipinski definition) is 4. The molecule has 110 valence electrons. The van der Waals surface area contributed by atoms with Gasteiger partial charge in [-0.15, -0.1) is 11.3 Å². The van der Waals surface area contributed by atoms with E-state index in [-0.39, 0.29) is 11.5 Å². The number of thiazole rings is 1. The third kappa shape index (κ3) is 5.21. The van der Waals surface area contributed by atoms with E-state index < -0.39 is 0 Å². The zero-order valence-corrected chi connectivity index (χ0v) is 13.9. The van der Waals surface area contributed by atoms with Gasteiger partial charge in [0.05, 0.1) is 16.8 Å². The number of aliphatic hydroxyl groups excluding tert-OH is 1. The summed E-state index contributed by atoms with van der Waals surface area (Å²) < 4.78 is 0. The van der Waals surface area contributed by atoms with Gasteiger partial charge in [-0.25, -0.2) is 4.98 Å². The van der Waals surface area contributed by atoms with Crippen molar-refractivity contribution in [3.63, 3.8) is 0 Å². The van der Waals surface area contributed by atoms with Gasteiger partial charge in [0.15, 0.2) is 0 Å². The van der Waals surface area contributed by atoms with Gasteiger partial charge in [-0.3, -0.25) is 0 Å². The fourth-order valence-electron chi connectivity index (χ4n) is 1.94. The highest BCUT2D eigenvalue weighted by molar-refractivity contribution is 7.12. The summed E-state index contributed by atoms with van der Waals surface area (Å²) in [6, 6.07) is 0.336. The van der Waals surface area contributed by atoms with Crippen molar-refractivity contribution in [3.8, 4) is 0 Å². The zero-order valence-electron chi connectivity index (χ0n) is 13.1. The van der Waals surface area contributed by atoms with Crippen LogP contribution in [0.5, 0.6) is 0 Å². The minimum Gasteiger partial charge on any atom is -0.393 e. The molecule has 0 spiro atoms. The number of rotatable bonds is 6. The van der Waals surface area contributed by atoms with E-state index in [1.54, 1.807) is 0 Å². The van der Waals surface area contributed by atoms with Crippen molar-refractivity contribution in [1.29, 1.82) is 0 Å². The van der Waals surface area contributed by atoms with Crippen molar-refractivity contribution in [3.05, 3.63) is 15.6 Å². The Morgan fingerprint density at radius 3 is 2.42 bits per heavy atom. The van der Waals surface area contributed by atoms with Gasteiger partial charge in [-0.1, -0.05) is 20.8 Å². The van der Waals surface area contributed by atoms with Gasteiger partial charge in [-0.05, 0) is 40.2 Å². The van der Waals surface area contributed by atoms with Crippen LogP contribution in [0.4, 0.5) is 0 Å². The number of nitrogens with zero attached hydrogens (tertiary/aromatic N) is 1. The Bertz CT molecular complexity index is 393. The second-order valence-electron chi connectivity index (χ2n) is 6.39. The molecule has 2 unspecified atom stereocenters. The second-order valence-corrected chi connectivity index (χ2v) is 7.42. The monoisotopic (exact) mass is 284 g/mol. The fourth-order valence-corrected chi connectivity index (χ4v) is 3.09. The predicted octanol–water partition coefficient (Wildman–Crippen LogP) is 3.56. The topological polar surface area (TPSA) is 45.2 Å². The van der Waals surface area contributed by atoms with E-state index in [1.165, 1.54) is 9.88 Å². The molecule has 0 aliphatic carbocycles. The minimum absolute atomic E-state index is 0.125. The second kappa shape index (κ2) is 6.82.